The van der Waals surface area contributed by atoms with Gasteiger partial charge in [-0.05, 0) is 222 Å². The van der Waals surface area contributed by atoms with Crippen LogP contribution in [0.25, 0.3) is 0 Å². The van der Waals surface area contributed by atoms with Crippen molar-refractivity contribution >= 4 is 34.1 Å². The van der Waals surface area contributed by atoms with Crippen molar-refractivity contribution in [3.63, 3.8) is 0 Å². The summed E-state index contributed by atoms with van der Waals surface area (Å²) in [6.45, 7) is 48.7. The Balaban J connectivity index is 0.000000209. The normalized spacial score (nSPS) is 23.0. The van der Waals surface area contributed by atoms with Crippen molar-refractivity contribution in [3.05, 3.63) is 190 Å². The Morgan fingerprint density at radius 1 is 0.400 bits per heavy atom. The van der Waals surface area contributed by atoms with Crippen LogP contribution in [0.3, 0.4) is 0 Å². The Morgan fingerprint density at radius 3 is 0.941 bits per heavy atom. The summed E-state index contributed by atoms with van der Waals surface area (Å²) in [5.74, 6) is 0.152. The van der Waals surface area contributed by atoms with Crippen LogP contribution in [-0.2, 0) is 41.2 Å². The van der Waals surface area contributed by atoms with Crippen LogP contribution >= 0.6 is 0 Å². The first-order valence-electron chi connectivity index (χ1n) is 47.7. The molecule has 7 heterocycles. The molecule has 7 fully saturated rings. The van der Waals surface area contributed by atoms with Crippen LogP contribution < -0.4 is 0 Å². The third-order valence-corrected chi connectivity index (χ3v) is 28.8. The molecule has 0 aromatic heterocycles. The zero-order chi connectivity index (χ0) is 100. The summed E-state index contributed by atoms with van der Waals surface area (Å²) >= 11 is 0. The number of benzene rings is 5. The number of likely N-dealkylation sites (tertiary alicyclic amines) is 1. The van der Waals surface area contributed by atoms with Crippen molar-refractivity contribution in [3.8, 4) is 12.1 Å². The third-order valence-electron chi connectivity index (χ3n) is 28.8. The molecule has 5 aromatic rings. The second-order valence-corrected chi connectivity index (χ2v) is 38.3. The Hall–Kier alpha value is -7.10. The molecular formula is C97H141B4F15N14O5. The highest BCUT2D eigenvalue weighted by atomic mass is 19.4. The summed E-state index contributed by atoms with van der Waals surface area (Å²) < 4.78 is 193. The highest BCUT2D eigenvalue weighted by Crippen LogP contribution is 2.44. The molecule has 38 heteroatoms. The van der Waals surface area contributed by atoms with E-state index in [-0.39, 0.29) is 60.3 Å². The van der Waals surface area contributed by atoms with Gasteiger partial charge in [0.05, 0.1) is 40.0 Å². The number of amides is 1. The molecule has 19 nitrogen and oxygen atoms in total. The van der Waals surface area contributed by atoms with Crippen molar-refractivity contribution in [2.45, 2.75) is 276 Å². The van der Waals surface area contributed by atoms with E-state index >= 15 is 0 Å². The molecular weight excluding hydrogens is 1770 g/mol. The molecule has 7 aliphatic heterocycles. The lowest BCUT2D eigenvalue weighted by Gasteiger charge is -2.53. The molecule has 0 bridgehead atoms. The molecule has 10 atom stereocenters. The minimum Gasteiger partial charge on any atom is -0.437 e. The number of alkyl halides is 15. The van der Waals surface area contributed by atoms with Crippen LogP contribution in [-0.4, -0.2) is 278 Å². The molecule has 1 amide bonds. The van der Waals surface area contributed by atoms with E-state index in [0.717, 1.165) is 190 Å². The van der Waals surface area contributed by atoms with E-state index < -0.39 is 91.4 Å². The summed E-state index contributed by atoms with van der Waals surface area (Å²) in [6.07, 6.45) is -9.99. The quantitative estimate of drug-likeness (QED) is 0.0260. The van der Waals surface area contributed by atoms with Gasteiger partial charge >= 0.3 is 59.1 Å². The summed E-state index contributed by atoms with van der Waals surface area (Å²) in [7, 11) is -1.99. The second-order valence-electron chi connectivity index (χ2n) is 38.3. The van der Waals surface area contributed by atoms with Crippen molar-refractivity contribution in [1.82, 2.24) is 58.4 Å². The predicted octanol–water partition coefficient (Wildman–Crippen LogP) is 18.6. The first-order chi connectivity index (χ1) is 63.2. The summed E-state index contributed by atoms with van der Waals surface area (Å²) in [6, 6.07) is 31.8. The number of piperidine rings is 2. The van der Waals surface area contributed by atoms with Crippen LogP contribution in [0.4, 0.5) is 65.9 Å². The Bertz CT molecular complexity index is 4520. The number of rotatable bonds is 24. The first-order valence-corrected chi connectivity index (χ1v) is 47.7. The predicted molar refractivity (Wildman–Crippen MR) is 504 cm³/mol. The van der Waals surface area contributed by atoms with E-state index in [1.807, 2.05) is 49.8 Å². The molecule has 746 valence electrons. The van der Waals surface area contributed by atoms with Gasteiger partial charge in [-0.25, -0.2) is 0 Å². The fourth-order valence-corrected chi connectivity index (χ4v) is 20.6. The van der Waals surface area contributed by atoms with Crippen LogP contribution in [0.15, 0.2) is 134 Å². The number of hydrogen-bond acceptors (Lipinski definition) is 18. The number of nitriles is 2. The smallest absolute Gasteiger partial charge is 0.416 e. The van der Waals surface area contributed by atoms with E-state index in [1.165, 1.54) is 60.7 Å². The highest BCUT2D eigenvalue weighted by Gasteiger charge is 2.48. The lowest BCUT2D eigenvalue weighted by Crippen LogP contribution is -2.62. The van der Waals surface area contributed by atoms with Crippen molar-refractivity contribution in [2.24, 2.45) is 0 Å². The van der Waals surface area contributed by atoms with Gasteiger partial charge in [0.25, 0.3) is 0 Å². The highest BCUT2D eigenvalue weighted by molar-refractivity contribution is 6.46. The number of hydrogen-bond donors (Lipinski definition) is 4. The van der Waals surface area contributed by atoms with Gasteiger partial charge in [0.15, 0.2) is 0 Å². The molecule has 3 unspecified atom stereocenters. The van der Waals surface area contributed by atoms with Crippen molar-refractivity contribution < 1.29 is 90.7 Å². The fraction of sp³-hybridized carbons (Fsp3) is 0.639. The van der Waals surface area contributed by atoms with Gasteiger partial charge in [-0.15, -0.1) is 6.58 Å². The van der Waals surface area contributed by atoms with Gasteiger partial charge in [-0.3, -0.25) is 39.1 Å². The van der Waals surface area contributed by atoms with Gasteiger partial charge in [0, 0.05) is 184 Å². The number of carbonyl (C=O) groups is 1. The molecule has 0 spiro atoms. The summed E-state index contributed by atoms with van der Waals surface area (Å²) in [5, 5.41) is 58.5. The number of carbonyl (C=O) groups excluding carboxylic acids is 1. The second kappa shape index (κ2) is 49.3. The maximum atomic E-state index is 13.0. The molecule has 5 aromatic carbocycles. The maximum absolute atomic E-state index is 13.0. The maximum Gasteiger partial charge on any atom is 0.416 e. The zero-order valence-electron chi connectivity index (χ0n) is 81.2. The van der Waals surface area contributed by atoms with E-state index in [0.29, 0.717) is 68.9 Å². The number of nitrogens with zero attached hydrogens (tertiary/aromatic N) is 14. The third kappa shape index (κ3) is 30.2. The number of halogens is 15. The minimum atomic E-state index is -4.41. The average molecular weight is 1910 g/mol. The van der Waals surface area contributed by atoms with Gasteiger partial charge in [-0.1, -0.05) is 107 Å². The largest absolute Gasteiger partial charge is 0.437 e. The van der Waals surface area contributed by atoms with E-state index in [9.17, 15) is 101 Å². The van der Waals surface area contributed by atoms with E-state index in [2.05, 4.69) is 103 Å². The lowest BCUT2D eigenvalue weighted by molar-refractivity contribution is -0.138. The fourth-order valence-electron chi connectivity index (χ4n) is 20.6. The molecule has 7 saturated heterocycles. The van der Waals surface area contributed by atoms with Crippen LogP contribution in [0.2, 0.25) is 27.3 Å². The summed E-state index contributed by atoms with van der Waals surface area (Å²) in [4.78, 5) is 38.0. The van der Waals surface area contributed by atoms with Crippen LogP contribution in [0, 0.1) is 22.7 Å². The molecule has 0 saturated carbocycles. The monoisotopic (exact) mass is 1910 g/mol. The zero-order valence-corrected chi connectivity index (χ0v) is 81.2. The van der Waals surface area contributed by atoms with Crippen molar-refractivity contribution in [1.29, 1.82) is 10.5 Å². The standard InChI is InChI=1S/C24H36F3N3O.C23H37BF3N3O.C18H23BF3N3O.C17H26BF3N2O.C15H19BF3N3O/c1-5-6-22(20-7-9-21(10-8-20)24(25,26)27)30-16-15-29(17-18(30)2)23(4)11-13-28(14-12-23)19(3)31;1-5-6-21(19-7-9-20(10-8-19)23(25,26)27)30-16-15-28(17-18(30)2)22(3)11-13-29(14-12-22)24(4)31;1-4-9-17(13-23,15-5-7-16(8-6-15)18(20,21)22)25-11-10-24(19(3)26)12-14(25)2;1-4-5-16(14-6-8-15(9-7-14)17(19,20)21)23-11-10-22(18(3)24)12-13(23)2;1-11-10-21(16(2)23)7-8-22(11)14(9-20)12-3-5-13(6-4-12)15(17,18)19/h7-10,18,22H,5-6,11-17H2,1-4H3;7-10,18,21,31H,5-6,11-17H2,1-4H3;4-8,14,26H,1,9-12H2,2-3H3;6-9,13,16,24H,4-5,10-12H2,1-3H3;3-6,11,14,23H,7-8,10H2,1-2H3/t18-,22-;18-,21-;14-,17?;13-,16?;11-,14?/m00000/s1. The molecule has 12 rings (SSSR count). The Morgan fingerprint density at radius 2 is 0.674 bits per heavy atom. The van der Waals surface area contributed by atoms with Crippen molar-refractivity contribution in [2.75, 3.05) is 124 Å². The van der Waals surface area contributed by atoms with E-state index in [4.69, 9.17) is 0 Å². The summed E-state index contributed by atoms with van der Waals surface area (Å²) in [5.41, 5.74) is -0.128. The topological polar surface area (TPSA) is 184 Å². The Labute approximate surface area is 792 Å². The van der Waals surface area contributed by atoms with E-state index in [1.54, 1.807) is 69.9 Å². The van der Waals surface area contributed by atoms with Crippen LogP contribution in [0.1, 0.15) is 227 Å². The van der Waals surface area contributed by atoms with Crippen LogP contribution in [0.5, 0.6) is 0 Å². The van der Waals surface area contributed by atoms with Gasteiger partial charge in [0.1, 0.15) is 11.6 Å². The average Bonchev–Trinajstić information content (AvgIpc) is 0.773. The SMILES string of the molecule is C=CCC(C#N)(c1ccc(C(F)(F)F)cc1)N1CCN(B(C)O)C[C@@H]1C.CB(O)N1CCN(C(C#N)c2ccc(C(F)(F)F)cc2)[C@@H](C)C1.CCCC(c1ccc(C(F)(F)F)cc1)N1CCN(B(C)O)C[C@@H]1C.CCC[C@@H](c1ccc(C(F)(F)F)cc1)N1CCN(C2(C)CCN(B(C)O)CC2)C[C@@H]1C.CCC[C@@H](c1ccc(C(F)(F)F)cc1)N1CCN(C2(C)CCN(C(C)=O)CC2)C[C@@H]1C. The number of piperazine rings is 5. The molecule has 0 radical (unpaired) electrons. The van der Waals surface area contributed by atoms with Gasteiger partial charge in [-0.2, -0.15) is 76.4 Å². The molecule has 0 aliphatic carbocycles. The molecule has 135 heavy (non-hydrogen) atoms. The molecule has 4 N–H and O–H groups in total. The molecule has 7 aliphatic rings. The van der Waals surface area contributed by atoms with Gasteiger partial charge < -0.3 is 44.2 Å². The van der Waals surface area contributed by atoms with Gasteiger partial charge in [0.2, 0.25) is 5.91 Å². The minimum absolute atomic E-state index is 0.0188. The lowest BCUT2D eigenvalue weighted by atomic mass is 9.78. The Kier molecular flexibility index (Phi) is 41.4. The first kappa shape index (κ1) is 113.